The average Bonchev–Trinajstić information content (AvgIpc) is 2.54. The molecule has 0 aromatic heterocycles. The molecule has 0 spiro atoms. The summed E-state index contributed by atoms with van der Waals surface area (Å²) < 4.78 is 5.69. The monoisotopic (exact) mass is 282 g/mol. The molecule has 0 fully saturated rings. The van der Waals surface area contributed by atoms with Crippen molar-refractivity contribution in [1.29, 1.82) is 0 Å². The Hall–Kier alpha value is -1.80. The van der Waals surface area contributed by atoms with Crippen molar-refractivity contribution in [2.24, 2.45) is 0 Å². The normalized spacial score (nSPS) is 18.7. The second kappa shape index (κ2) is 6.31. The van der Waals surface area contributed by atoms with Gasteiger partial charge in [-0.15, -0.1) is 0 Å². The second-order valence-corrected chi connectivity index (χ2v) is 5.72. The number of benzene rings is 2. The fraction of sp³-hybridized carbons (Fsp3) is 0.368. The lowest BCUT2D eigenvalue weighted by Crippen LogP contribution is -2.20. The van der Waals surface area contributed by atoms with Crippen LogP contribution in [-0.4, -0.2) is 11.7 Å². The Morgan fingerprint density at radius 3 is 2.90 bits per heavy atom. The summed E-state index contributed by atoms with van der Waals surface area (Å²) in [5.74, 6) is 1.03. The lowest BCUT2D eigenvalue weighted by Gasteiger charge is -2.30. The van der Waals surface area contributed by atoms with Crippen LogP contribution in [0.2, 0.25) is 0 Å². The SMILES string of the molecule is CCCc1cccc(C(O)C2CCOc3ccccc32)c1. The Morgan fingerprint density at radius 1 is 1.19 bits per heavy atom. The van der Waals surface area contributed by atoms with E-state index in [4.69, 9.17) is 4.74 Å². The summed E-state index contributed by atoms with van der Waals surface area (Å²) in [4.78, 5) is 0. The number of hydrogen-bond donors (Lipinski definition) is 1. The number of fused-ring (bicyclic) bond motifs is 1. The zero-order chi connectivity index (χ0) is 14.7. The van der Waals surface area contributed by atoms with E-state index < -0.39 is 6.10 Å². The Labute approximate surface area is 126 Å². The van der Waals surface area contributed by atoms with Crippen molar-refractivity contribution in [2.45, 2.75) is 38.2 Å². The van der Waals surface area contributed by atoms with Crippen LogP contribution in [0.4, 0.5) is 0 Å². The topological polar surface area (TPSA) is 29.5 Å². The van der Waals surface area contributed by atoms with E-state index in [2.05, 4.69) is 31.2 Å². The van der Waals surface area contributed by atoms with Gasteiger partial charge in [0.2, 0.25) is 0 Å². The zero-order valence-corrected chi connectivity index (χ0v) is 12.5. The van der Waals surface area contributed by atoms with E-state index in [0.717, 1.165) is 36.1 Å². The molecule has 2 nitrogen and oxygen atoms in total. The van der Waals surface area contributed by atoms with Crippen LogP contribution in [0.15, 0.2) is 48.5 Å². The van der Waals surface area contributed by atoms with Crippen molar-refractivity contribution < 1.29 is 9.84 Å². The van der Waals surface area contributed by atoms with E-state index in [1.54, 1.807) is 0 Å². The van der Waals surface area contributed by atoms with Gasteiger partial charge in [-0.1, -0.05) is 55.8 Å². The van der Waals surface area contributed by atoms with E-state index in [-0.39, 0.29) is 5.92 Å². The highest BCUT2D eigenvalue weighted by atomic mass is 16.5. The second-order valence-electron chi connectivity index (χ2n) is 5.72. The molecule has 0 amide bonds. The molecule has 0 aliphatic carbocycles. The number of aliphatic hydroxyl groups excluding tert-OH is 1. The molecule has 0 bridgehead atoms. The third-order valence-electron chi connectivity index (χ3n) is 4.22. The molecule has 1 heterocycles. The molecule has 1 aliphatic rings. The van der Waals surface area contributed by atoms with Gasteiger partial charge < -0.3 is 9.84 Å². The summed E-state index contributed by atoms with van der Waals surface area (Å²) in [6.45, 7) is 2.85. The number of aliphatic hydroxyl groups is 1. The van der Waals surface area contributed by atoms with Crippen LogP contribution in [-0.2, 0) is 6.42 Å². The van der Waals surface area contributed by atoms with Crippen LogP contribution in [0.25, 0.3) is 0 Å². The van der Waals surface area contributed by atoms with E-state index in [9.17, 15) is 5.11 Å². The molecule has 0 saturated carbocycles. The summed E-state index contributed by atoms with van der Waals surface area (Å²) in [5.41, 5.74) is 3.44. The van der Waals surface area contributed by atoms with Gasteiger partial charge in [0.25, 0.3) is 0 Å². The molecule has 21 heavy (non-hydrogen) atoms. The molecule has 3 rings (SSSR count). The van der Waals surface area contributed by atoms with Gasteiger partial charge in [0.15, 0.2) is 0 Å². The predicted molar refractivity (Wildman–Crippen MR) is 84.7 cm³/mol. The maximum atomic E-state index is 10.8. The summed E-state index contributed by atoms with van der Waals surface area (Å²) in [5, 5.41) is 10.8. The van der Waals surface area contributed by atoms with E-state index in [1.807, 2.05) is 24.3 Å². The third kappa shape index (κ3) is 2.96. The Bertz CT molecular complexity index is 606. The maximum Gasteiger partial charge on any atom is 0.122 e. The lowest BCUT2D eigenvalue weighted by atomic mass is 9.84. The van der Waals surface area contributed by atoms with Gasteiger partial charge in [-0.2, -0.15) is 0 Å². The minimum atomic E-state index is -0.466. The summed E-state index contributed by atoms with van der Waals surface area (Å²) >= 11 is 0. The summed E-state index contributed by atoms with van der Waals surface area (Å²) in [6, 6.07) is 16.4. The average molecular weight is 282 g/mol. The number of para-hydroxylation sites is 1. The van der Waals surface area contributed by atoms with Gasteiger partial charge in [-0.25, -0.2) is 0 Å². The first-order valence-electron chi connectivity index (χ1n) is 7.78. The molecule has 1 N–H and O–H groups in total. The van der Waals surface area contributed by atoms with Crippen molar-refractivity contribution in [3.05, 3.63) is 65.2 Å². The molecule has 2 unspecified atom stereocenters. The smallest absolute Gasteiger partial charge is 0.122 e. The maximum absolute atomic E-state index is 10.8. The quantitative estimate of drug-likeness (QED) is 0.909. The molecular formula is C19H22O2. The predicted octanol–water partition coefficient (Wildman–Crippen LogP) is 4.24. The van der Waals surface area contributed by atoms with E-state index in [1.165, 1.54) is 5.56 Å². The van der Waals surface area contributed by atoms with E-state index >= 15 is 0 Å². The van der Waals surface area contributed by atoms with Crippen LogP contribution in [0.3, 0.4) is 0 Å². The van der Waals surface area contributed by atoms with Crippen molar-refractivity contribution in [3.8, 4) is 5.75 Å². The van der Waals surface area contributed by atoms with Crippen molar-refractivity contribution in [3.63, 3.8) is 0 Å². The van der Waals surface area contributed by atoms with Crippen LogP contribution < -0.4 is 4.74 Å². The number of ether oxygens (including phenoxy) is 1. The molecule has 2 atom stereocenters. The van der Waals surface area contributed by atoms with Crippen molar-refractivity contribution in [2.75, 3.05) is 6.61 Å². The molecule has 0 saturated heterocycles. The fourth-order valence-corrected chi connectivity index (χ4v) is 3.15. The fourth-order valence-electron chi connectivity index (χ4n) is 3.15. The molecule has 2 heteroatoms. The molecule has 1 aliphatic heterocycles. The minimum Gasteiger partial charge on any atom is -0.493 e. The van der Waals surface area contributed by atoms with E-state index in [0.29, 0.717) is 6.61 Å². The minimum absolute atomic E-state index is 0.117. The van der Waals surface area contributed by atoms with Gasteiger partial charge >= 0.3 is 0 Å². The molecule has 2 aromatic rings. The van der Waals surface area contributed by atoms with Crippen LogP contribution in [0.1, 0.15) is 48.5 Å². The van der Waals surface area contributed by atoms with Crippen LogP contribution in [0.5, 0.6) is 5.75 Å². The highest BCUT2D eigenvalue weighted by molar-refractivity contribution is 5.40. The lowest BCUT2D eigenvalue weighted by molar-refractivity contribution is 0.117. The highest BCUT2D eigenvalue weighted by Gasteiger charge is 2.28. The Kier molecular flexibility index (Phi) is 4.26. The van der Waals surface area contributed by atoms with Crippen molar-refractivity contribution >= 4 is 0 Å². The molecule has 0 radical (unpaired) electrons. The van der Waals surface area contributed by atoms with Gasteiger partial charge in [-0.3, -0.25) is 0 Å². The van der Waals surface area contributed by atoms with Crippen LogP contribution in [0, 0.1) is 0 Å². The number of rotatable bonds is 4. The third-order valence-corrected chi connectivity index (χ3v) is 4.22. The zero-order valence-electron chi connectivity index (χ0n) is 12.5. The first-order chi connectivity index (χ1) is 10.3. The standard InChI is InChI=1S/C19H22O2/c1-2-6-14-7-5-8-15(13-14)19(20)17-11-12-21-18-10-4-3-9-16(17)18/h3-5,7-10,13,17,19-20H,2,6,11-12H2,1H3. The molecular weight excluding hydrogens is 260 g/mol. The van der Waals surface area contributed by atoms with Crippen LogP contribution >= 0.6 is 0 Å². The molecule has 2 aromatic carbocycles. The number of aryl methyl sites for hydroxylation is 1. The first kappa shape index (κ1) is 14.2. The molecule has 110 valence electrons. The highest BCUT2D eigenvalue weighted by Crippen LogP contribution is 2.41. The Balaban J connectivity index is 1.89. The first-order valence-corrected chi connectivity index (χ1v) is 7.78. The van der Waals surface area contributed by atoms with Gasteiger partial charge in [0.05, 0.1) is 12.7 Å². The van der Waals surface area contributed by atoms with Gasteiger partial charge in [0, 0.05) is 11.5 Å². The van der Waals surface area contributed by atoms with Crippen molar-refractivity contribution in [1.82, 2.24) is 0 Å². The van der Waals surface area contributed by atoms with Gasteiger partial charge in [0.1, 0.15) is 5.75 Å². The summed E-state index contributed by atoms with van der Waals surface area (Å²) in [7, 11) is 0. The van der Waals surface area contributed by atoms with Gasteiger partial charge in [-0.05, 0) is 30.0 Å². The number of hydrogen-bond acceptors (Lipinski definition) is 2. The summed E-state index contributed by atoms with van der Waals surface area (Å²) in [6.07, 6.45) is 2.58. The largest absolute Gasteiger partial charge is 0.493 e. The Morgan fingerprint density at radius 2 is 2.05 bits per heavy atom.